The zero-order valence-corrected chi connectivity index (χ0v) is 35.9. The lowest BCUT2D eigenvalue weighted by Crippen LogP contribution is -2.43. The fourth-order valence-corrected chi connectivity index (χ4v) is 4.46. The van der Waals surface area contributed by atoms with E-state index in [1.54, 1.807) is 83.1 Å². The summed E-state index contributed by atoms with van der Waals surface area (Å²) < 4.78 is 59.3. The largest absolute Gasteiger partial charge is 0.451 e. The first kappa shape index (κ1) is 48.7. The van der Waals surface area contributed by atoms with Gasteiger partial charge in [-0.3, -0.25) is 4.98 Å². The molecule has 0 unspecified atom stereocenters. The second-order valence-electron chi connectivity index (χ2n) is 16.1. The van der Waals surface area contributed by atoms with Crippen molar-refractivity contribution < 1.29 is 51.3 Å². The quantitative estimate of drug-likeness (QED) is 0.176. The van der Waals surface area contributed by atoms with E-state index in [2.05, 4.69) is 19.9 Å². The van der Waals surface area contributed by atoms with Crippen LogP contribution in [0.2, 0.25) is 15.2 Å². The van der Waals surface area contributed by atoms with E-state index in [4.69, 9.17) is 53.8 Å². The summed E-state index contributed by atoms with van der Waals surface area (Å²) in [5.74, 6) is -1.29. The normalized spacial score (nSPS) is 12.1. The number of hydrogen-bond donors (Lipinski definition) is 0. The molecule has 0 aliphatic heterocycles. The molecule has 3 rings (SSSR count). The fourth-order valence-electron chi connectivity index (χ4n) is 3.95. The van der Waals surface area contributed by atoms with Crippen LogP contribution < -0.4 is 0 Å². The maximum atomic E-state index is 12.7. The molecule has 14 nitrogen and oxygen atoms in total. The van der Waals surface area contributed by atoms with Gasteiger partial charge in [-0.25, -0.2) is 43.9 Å². The number of amides is 4. The highest BCUT2D eigenvalue weighted by Gasteiger charge is 2.35. The van der Waals surface area contributed by atoms with E-state index in [1.807, 2.05) is 0 Å². The first-order chi connectivity index (χ1) is 25.7. The zero-order valence-electron chi connectivity index (χ0n) is 33.6. The van der Waals surface area contributed by atoms with Gasteiger partial charge >= 0.3 is 30.5 Å². The smallest absolute Gasteiger partial charge is 0.443 e. The number of aromatic nitrogens is 4. The predicted octanol–water partition coefficient (Wildman–Crippen LogP) is 10.9. The van der Waals surface area contributed by atoms with Crippen molar-refractivity contribution in [2.24, 2.45) is 0 Å². The number of pyridine rings is 2. The maximum absolute atomic E-state index is 12.7. The number of halogens is 6. The number of hydrogen-bond acceptors (Lipinski definition) is 12. The molecular weight excluding hydrogens is 820 g/mol. The Morgan fingerprint density at radius 2 is 0.877 bits per heavy atom. The van der Waals surface area contributed by atoms with Crippen LogP contribution in [0, 0.1) is 0 Å². The van der Waals surface area contributed by atoms with Gasteiger partial charge < -0.3 is 18.9 Å². The molecular formula is C37H46Cl3F3N6O8. The Morgan fingerprint density at radius 1 is 0.544 bits per heavy atom. The van der Waals surface area contributed by atoms with Gasteiger partial charge in [0.15, 0.2) is 0 Å². The van der Waals surface area contributed by atoms with Crippen molar-refractivity contribution in [3.05, 3.63) is 69.1 Å². The van der Waals surface area contributed by atoms with E-state index in [9.17, 15) is 32.3 Å². The standard InChI is InChI=1S/C21H24ClF3N4O4.C16H22Cl2N2O4/c1-19(2,3)32-17(30)29(18(31)33-20(4,5)6)11-12-7-15(26-10-14(12)22)13-8-27-16(28-9-13)21(23,24)25;1-15(2,3)23-13(21)20(14(22)24-16(4,5)6)9-10-7-12(18)19-8-11(10)17/h7-10H,11H2,1-6H3;7-8H,9H2,1-6H3. The Morgan fingerprint density at radius 3 is 1.21 bits per heavy atom. The van der Waals surface area contributed by atoms with E-state index in [0.29, 0.717) is 5.56 Å². The molecule has 0 saturated carbocycles. The molecule has 0 radical (unpaired) electrons. The number of nitrogens with zero attached hydrogens (tertiary/aromatic N) is 6. The Kier molecular flexibility index (Phi) is 16.1. The molecule has 0 N–H and O–H groups in total. The van der Waals surface area contributed by atoms with Crippen LogP contribution in [0.1, 0.15) is 100 Å². The highest BCUT2D eigenvalue weighted by Crippen LogP contribution is 2.29. The Balaban J connectivity index is 0.000000414. The molecule has 0 aromatic carbocycles. The number of carbonyl (C=O) groups is 4. The summed E-state index contributed by atoms with van der Waals surface area (Å²) in [4.78, 5) is 66.3. The molecule has 20 heteroatoms. The van der Waals surface area contributed by atoms with Crippen molar-refractivity contribution in [2.75, 3.05) is 0 Å². The van der Waals surface area contributed by atoms with E-state index in [-0.39, 0.29) is 45.1 Å². The van der Waals surface area contributed by atoms with Crippen molar-refractivity contribution in [1.29, 1.82) is 0 Å². The van der Waals surface area contributed by atoms with E-state index >= 15 is 0 Å². The first-order valence-electron chi connectivity index (χ1n) is 17.1. The second-order valence-corrected chi connectivity index (χ2v) is 17.3. The van der Waals surface area contributed by atoms with Crippen LogP contribution in [0.3, 0.4) is 0 Å². The SMILES string of the molecule is CC(C)(C)OC(=O)N(Cc1cc(-c2cnc(C(F)(F)F)nc2)ncc1Cl)C(=O)OC(C)(C)C.CC(C)(C)OC(=O)N(Cc1cc(Cl)ncc1Cl)C(=O)OC(C)(C)C. The van der Waals surface area contributed by atoms with Gasteiger partial charge in [0.05, 0.1) is 28.8 Å². The van der Waals surface area contributed by atoms with Crippen LogP contribution in [0.5, 0.6) is 0 Å². The van der Waals surface area contributed by atoms with Gasteiger partial charge in [0.1, 0.15) is 27.6 Å². The van der Waals surface area contributed by atoms with E-state index in [1.165, 1.54) is 24.5 Å². The molecule has 0 bridgehead atoms. The van der Waals surface area contributed by atoms with Gasteiger partial charge in [0, 0.05) is 30.4 Å². The van der Waals surface area contributed by atoms with Gasteiger partial charge in [0.25, 0.3) is 0 Å². The summed E-state index contributed by atoms with van der Waals surface area (Å²) >= 11 is 18.1. The van der Waals surface area contributed by atoms with Crippen LogP contribution in [0.25, 0.3) is 11.3 Å². The molecule has 0 fully saturated rings. The molecule has 57 heavy (non-hydrogen) atoms. The number of alkyl halides is 3. The van der Waals surface area contributed by atoms with Gasteiger partial charge in [-0.1, -0.05) is 34.8 Å². The molecule has 314 valence electrons. The minimum atomic E-state index is -4.68. The highest BCUT2D eigenvalue weighted by molar-refractivity contribution is 6.32. The van der Waals surface area contributed by atoms with Crippen molar-refractivity contribution >= 4 is 59.2 Å². The predicted molar refractivity (Wildman–Crippen MR) is 206 cm³/mol. The van der Waals surface area contributed by atoms with Crippen molar-refractivity contribution in [2.45, 2.75) is 125 Å². The number of ether oxygens (including phenoxy) is 4. The molecule has 0 saturated heterocycles. The van der Waals surface area contributed by atoms with Crippen molar-refractivity contribution in [1.82, 2.24) is 29.7 Å². The topological polar surface area (TPSA) is 163 Å². The number of carbonyl (C=O) groups excluding carboxylic acids is 4. The first-order valence-corrected chi connectivity index (χ1v) is 18.2. The van der Waals surface area contributed by atoms with Gasteiger partial charge in [-0.2, -0.15) is 13.2 Å². The average molecular weight is 866 g/mol. The third-order valence-electron chi connectivity index (χ3n) is 6.15. The molecule has 0 spiro atoms. The Labute approximate surface area is 344 Å². The lowest BCUT2D eigenvalue weighted by Gasteiger charge is -2.28. The summed E-state index contributed by atoms with van der Waals surface area (Å²) in [6.07, 6.45) is -3.73. The van der Waals surface area contributed by atoms with Crippen LogP contribution in [-0.2, 0) is 38.2 Å². The Hall–Kier alpha value is -4.48. The summed E-state index contributed by atoms with van der Waals surface area (Å²) in [6, 6.07) is 2.89. The molecule has 0 atom stereocenters. The molecule has 4 amide bonds. The van der Waals surface area contributed by atoms with Gasteiger partial charge in [-0.05, 0) is 106 Å². The maximum Gasteiger partial charge on any atom is 0.451 e. The van der Waals surface area contributed by atoms with E-state index in [0.717, 1.165) is 22.2 Å². The third-order valence-corrected chi connectivity index (χ3v) is 7.04. The van der Waals surface area contributed by atoms with Gasteiger partial charge in [0.2, 0.25) is 5.82 Å². The lowest BCUT2D eigenvalue weighted by atomic mass is 10.1. The minimum Gasteiger partial charge on any atom is -0.443 e. The second kappa shape index (κ2) is 18.9. The summed E-state index contributed by atoms with van der Waals surface area (Å²) in [7, 11) is 0. The zero-order chi connectivity index (χ0) is 43.9. The molecule has 0 aliphatic carbocycles. The monoisotopic (exact) mass is 864 g/mol. The summed E-state index contributed by atoms with van der Waals surface area (Å²) in [5, 5.41) is 0.586. The van der Waals surface area contributed by atoms with Crippen molar-refractivity contribution in [3.63, 3.8) is 0 Å². The van der Waals surface area contributed by atoms with E-state index < -0.39 is 58.8 Å². The highest BCUT2D eigenvalue weighted by atomic mass is 35.5. The number of rotatable bonds is 5. The van der Waals surface area contributed by atoms with Crippen molar-refractivity contribution in [3.8, 4) is 11.3 Å². The third kappa shape index (κ3) is 17.3. The van der Waals surface area contributed by atoms with Crippen LogP contribution in [0.15, 0.2) is 36.9 Å². The van der Waals surface area contributed by atoms with Crippen LogP contribution >= 0.6 is 34.8 Å². The Bertz CT molecular complexity index is 1850. The van der Waals surface area contributed by atoms with Crippen LogP contribution in [-0.4, -0.2) is 76.5 Å². The summed E-state index contributed by atoms with van der Waals surface area (Å²) in [6.45, 7) is 19.6. The summed E-state index contributed by atoms with van der Waals surface area (Å²) in [5.41, 5.74) is -2.21. The molecule has 0 aliphatic rings. The average Bonchev–Trinajstić information content (AvgIpc) is 3.01. The van der Waals surface area contributed by atoms with Crippen LogP contribution in [0.4, 0.5) is 32.3 Å². The van der Waals surface area contributed by atoms with Gasteiger partial charge in [-0.15, -0.1) is 0 Å². The lowest BCUT2D eigenvalue weighted by molar-refractivity contribution is -0.145. The molecule has 3 aromatic rings. The minimum absolute atomic E-state index is 0.115. The molecule has 3 aromatic heterocycles. The fraction of sp³-hybridized carbons (Fsp3) is 0.514. The molecule has 3 heterocycles. The number of imide groups is 2.